The SMILES string of the molecule is Cc1ccc(C)c(-n2ncc(C(=O)NC3(C(=O)O)CCC3)c2C)c1. The van der Waals surface area contributed by atoms with E-state index in [1.54, 1.807) is 4.68 Å². The fourth-order valence-electron chi connectivity index (χ4n) is 3.03. The lowest BCUT2D eigenvalue weighted by molar-refractivity contribution is -0.148. The Balaban J connectivity index is 1.91. The molecule has 1 fully saturated rings. The van der Waals surface area contributed by atoms with Crippen molar-refractivity contribution in [2.24, 2.45) is 0 Å². The molecular weight excluding hydrogens is 306 g/mol. The van der Waals surface area contributed by atoms with Gasteiger partial charge in [-0.15, -0.1) is 0 Å². The maximum Gasteiger partial charge on any atom is 0.329 e. The number of aliphatic carboxylic acids is 1. The van der Waals surface area contributed by atoms with Crippen molar-refractivity contribution >= 4 is 11.9 Å². The Kier molecular flexibility index (Phi) is 3.91. The van der Waals surface area contributed by atoms with Crippen LogP contribution in [0.3, 0.4) is 0 Å². The van der Waals surface area contributed by atoms with E-state index in [-0.39, 0.29) is 5.91 Å². The predicted molar refractivity (Wildman–Crippen MR) is 89.5 cm³/mol. The average Bonchev–Trinajstić information content (AvgIpc) is 2.86. The van der Waals surface area contributed by atoms with Crippen molar-refractivity contribution < 1.29 is 14.7 Å². The number of benzene rings is 1. The van der Waals surface area contributed by atoms with Crippen molar-refractivity contribution in [1.29, 1.82) is 0 Å². The van der Waals surface area contributed by atoms with Gasteiger partial charge < -0.3 is 10.4 Å². The first-order chi connectivity index (χ1) is 11.3. The molecule has 1 aromatic heterocycles. The first-order valence-electron chi connectivity index (χ1n) is 8.02. The van der Waals surface area contributed by atoms with Crippen LogP contribution in [0, 0.1) is 20.8 Å². The number of amides is 1. The molecule has 0 atom stereocenters. The van der Waals surface area contributed by atoms with Gasteiger partial charge in [-0.3, -0.25) is 4.79 Å². The molecule has 1 aliphatic carbocycles. The summed E-state index contributed by atoms with van der Waals surface area (Å²) in [5.41, 5.74) is 3.06. The van der Waals surface area contributed by atoms with Crippen molar-refractivity contribution in [2.45, 2.75) is 45.6 Å². The van der Waals surface area contributed by atoms with Crippen LogP contribution < -0.4 is 5.32 Å². The van der Waals surface area contributed by atoms with Crippen LogP contribution in [0.4, 0.5) is 0 Å². The van der Waals surface area contributed by atoms with E-state index in [1.165, 1.54) is 6.20 Å². The van der Waals surface area contributed by atoms with E-state index >= 15 is 0 Å². The van der Waals surface area contributed by atoms with Gasteiger partial charge in [-0.1, -0.05) is 12.1 Å². The number of carboxylic acid groups (broad SMARTS) is 1. The Labute approximate surface area is 140 Å². The Hall–Kier alpha value is -2.63. The molecule has 1 heterocycles. The maximum absolute atomic E-state index is 12.5. The van der Waals surface area contributed by atoms with Crippen molar-refractivity contribution in [3.05, 3.63) is 46.8 Å². The summed E-state index contributed by atoms with van der Waals surface area (Å²) in [6.07, 6.45) is 3.25. The second-order valence-electron chi connectivity index (χ2n) is 6.54. The van der Waals surface area contributed by atoms with E-state index in [4.69, 9.17) is 0 Å². The van der Waals surface area contributed by atoms with E-state index in [1.807, 2.05) is 39.0 Å². The zero-order chi connectivity index (χ0) is 17.5. The number of carbonyl (C=O) groups excluding carboxylic acids is 1. The number of carboxylic acids is 1. The van der Waals surface area contributed by atoms with E-state index in [0.717, 1.165) is 23.2 Å². The van der Waals surface area contributed by atoms with Gasteiger partial charge in [0.1, 0.15) is 5.54 Å². The molecular formula is C18H21N3O3. The smallest absolute Gasteiger partial charge is 0.329 e. The zero-order valence-corrected chi connectivity index (χ0v) is 14.1. The number of hydrogen-bond acceptors (Lipinski definition) is 3. The molecule has 6 nitrogen and oxygen atoms in total. The number of aryl methyl sites for hydroxylation is 2. The number of nitrogens with one attached hydrogen (secondary N) is 1. The second-order valence-corrected chi connectivity index (χ2v) is 6.54. The summed E-state index contributed by atoms with van der Waals surface area (Å²) in [6.45, 7) is 5.81. The quantitative estimate of drug-likeness (QED) is 0.904. The molecule has 6 heteroatoms. The minimum absolute atomic E-state index is 0.383. The predicted octanol–water partition coefficient (Wildman–Crippen LogP) is 2.53. The summed E-state index contributed by atoms with van der Waals surface area (Å²) in [7, 11) is 0. The fraction of sp³-hybridized carbons (Fsp3) is 0.389. The lowest BCUT2D eigenvalue weighted by Crippen LogP contribution is -2.59. The molecule has 3 rings (SSSR count). The minimum Gasteiger partial charge on any atom is -0.480 e. The number of carbonyl (C=O) groups is 2. The molecule has 24 heavy (non-hydrogen) atoms. The number of rotatable bonds is 4. The third-order valence-corrected chi connectivity index (χ3v) is 4.82. The van der Waals surface area contributed by atoms with E-state index in [2.05, 4.69) is 10.4 Å². The van der Waals surface area contributed by atoms with Crippen LogP contribution in [0.1, 0.15) is 46.4 Å². The molecule has 0 bridgehead atoms. The molecule has 1 aliphatic rings. The summed E-state index contributed by atoms with van der Waals surface area (Å²) < 4.78 is 1.73. The standard InChI is InChI=1S/C18H21N3O3/c1-11-5-6-12(2)15(9-11)21-13(3)14(10-19-21)16(22)20-18(17(23)24)7-4-8-18/h5-6,9-10H,4,7-8H2,1-3H3,(H,20,22)(H,23,24). The third-order valence-electron chi connectivity index (χ3n) is 4.82. The molecule has 0 radical (unpaired) electrons. The largest absolute Gasteiger partial charge is 0.480 e. The van der Waals surface area contributed by atoms with E-state index < -0.39 is 11.5 Å². The minimum atomic E-state index is -1.12. The number of hydrogen-bond donors (Lipinski definition) is 2. The van der Waals surface area contributed by atoms with Crippen LogP contribution in [-0.4, -0.2) is 32.3 Å². The highest BCUT2D eigenvalue weighted by Crippen LogP contribution is 2.32. The number of nitrogens with zero attached hydrogens (tertiary/aromatic N) is 2. The molecule has 2 N–H and O–H groups in total. The van der Waals surface area contributed by atoms with Crippen LogP contribution in [0.25, 0.3) is 5.69 Å². The lowest BCUT2D eigenvalue weighted by atomic mass is 9.76. The van der Waals surface area contributed by atoms with Gasteiger partial charge in [0, 0.05) is 0 Å². The van der Waals surface area contributed by atoms with Crippen molar-refractivity contribution in [3.8, 4) is 5.69 Å². The molecule has 1 amide bonds. The first-order valence-corrected chi connectivity index (χ1v) is 8.02. The van der Waals surface area contributed by atoms with E-state index in [0.29, 0.717) is 24.1 Å². The average molecular weight is 327 g/mol. The van der Waals surface area contributed by atoms with Crippen LogP contribution in [-0.2, 0) is 4.79 Å². The molecule has 2 aromatic rings. The zero-order valence-electron chi connectivity index (χ0n) is 14.1. The Morgan fingerprint density at radius 3 is 2.54 bits per heavy atom. The molecule has 1 saturated carbocycles. The Morgan fingerprint density at radius 1 is 1.25 bits per heavy atom. The lowest BCUT2D eigenvalue weighted by Gasteiger charge is -2.38. The van der Waals surface area contributed by atoms with Crippen LogP contribution in [0.5, 0.6) is 0 Å². The fourth-order valence-corrected chi connectivity index (χ4v) is 3.03. The molecule has 0 spiro atoms. The molecule has 1 aromatic carbocycles. The van der Waals surface area contributed by atoms with Gasteiger partial charge in [0.2, 0.25) is 0 Å². The first kappa shape index (κ1) is 16.2. The van der Waals surface area contributed by atoms with E-state index in [9.17, 15) is 14.7 Å². The van der Waals surface area contributed by atoms with Crippen molar-refractivity contribution in [1.82, 2.24) is 15.1 Å². The molecule has 0 saturated heterocycles. The van der Waals surface area contributed by atoms with Gasteiger partial charge in [-0.05, 0) is 57.2 Å². The van der Waals surface area contributed by atoms with Gasteiger partial charge in [-0.2, -0.15) is 5.10 Å². The summed E-state index contributed by atoms with van der Waals surface area (Å²) in [4.78, 5) is 24.0. The highest BCUT2D eigenvalue weighted by Gasteiger charge is 2.46. The monoisotopic (exact) mass is 327 g/mol. The summed E-state index contributed by atoms with van der Waals surface area (Å²) in [6, 6.07) is 6.06. The summed E-state index contributed by atoms with van der Waals surface area (Å²) >= 11 is 0. The Bertz CT molecular complexity index is 819. The highest BCUT2D eigenvalue weighted by molar-refractivity contribution is 5.99. The van der Waals surface area contributed by atoms with Crippen LogP contribution >= 0.6 is 0 Å². The van der Waals surface area contributed by atoms with Gasteiger partial charge in [0.25, 0.3) is 5.91 Å². The normalized spacial score (nSPS) is 15.6. The van der Waals surface area contributed by atoms with Gasteiger partial charge in [0.15, 0.2) is 0 Å². The van der Waals surface area contributed by atoms with Gasteiger partial charge in [-0.25, -0.2) is 9.48 Å². The maximum atomic E-state index is 12.5. The van der Waals surface area contributed by atoms with Crippen molar-refractivity contribution in [2.75, 3.05) is 0 Å². The summed E-state index contributed by atoms with van der Waals surface area (Å²) in [5.74, 6) is -1.35. The van der Waals surface area contributed by atoms with Gasteiger partial charge in [0.05, 0.1) is 23.1 Å². The highest BCUT2D eigenvalue weighted by atomic mass is 16.4. The third kappa shape index (κ3) is 2.58. The molecule has 126 valence electrons. The second kappa shape index (κ2) is 5.78. The van der Waals surface area contributed by atoms with Crippen LogP contribution in [0.2, 0.25) is 0 Å². The van der Waals surface area contributed by atoms with Crippen LogP contribution in [0.15, 0.2) is 24.4 Å². The molecule has 0 aliphatic heterocycles. The summed E-state index contributed by atoms with van der Waals surface area (Å²) in [5, 5.41) is 16.4. The topological polar surface area (TPSA) is 84.2 Å². The van der Waals surface area contributed by atoms with Crippen molar-refractivity contribution in [3.63, 3.8) is 0 Å². The molecule has 0 unspecified atom stereocenters. The Morgan fingerprint density at radius 2 is 1.96 bits per heavy atom. The number of aromatic nitrogens is 2. The van der Waals surface area contributed by atoms with Gasteiger partial charge >= 0.3 is 5.97 Å².